The highest BCUT2D eigenvalue weighted by atomic mass is 19.1. The Balaban J connectivity index is 1.44. The third kappa shape index (κ3) is 4.54. The summed E-state index contributed by atoms with van der Waals surface area (Å²) in [6.07, 6.45) is 2.28. The lowest BCUT2D eigenvalue weighted by Crippen LogP contribution is -2.06. The first-order chi connectivity index (χ1) is 14.0. The zero-order chi connectivity index (χ0) is 20.4. The highest BCUT2D eigenvalue weighted by Gasteiger charge is 2.43. The molecule has 0 radical (unpaired) electrons. The number of nitrogens with zero attached hydrogens (tertiary/aromatic N) is 1. The van der Waals surface area contributed by atoms with Crippen molar-refractivity contribution in [1.29, 1.82) is 0 Å². The lowest BCUT2D eigenvalue weighted by atomic mass is 10.0. The molecule has 6 heteroatoms. The fraction of sp³-hybridized carbons (Fsp3) is 0.217. The van der Waals surface area contributed by atoms with E-state index in [1.165, 1.54) is 6.07 Å². The number of aromatic nitrogens is 1. The number of benzene rings is 2. The van der Waals surface area contributed by atoms with E-state index in [9.17, 15) is 9.18 Å². The van der Waals surface area contributed by atoms with Crippen molar-refractivity contribution in [3.8, 4) is 28.4 Å². The summed E-state index contributed by atoms with van der Waals surface area (Å²) in [5, 5.41) is 8.93. The molecule has 1 heterocycles. The number of carboxylic acid groups (broad SMARTS) is 1. The number of hydrogen-bond acceptors (Lipinski definition) is 4. The summed E-state index contributed by atoms with van der Waals surface area (Å²) in [6.45, 7) is 2.26. The molecule has 0 saturated heterocycles. The van der Waals surface area contributed by atoms with E-state index in [0.717, 1.165) is 5.69 Å². The zero-order valence-electron chi connectivity index (χ0n) is 15.8. The SMILES string of the molecule is Cc1ccc(Oc2ccc(F)c(-c3ccc(OCC4C[C@@H]4C(=O)O)cc3)c2)cn1. The molecule has 5 nitrogen and oxygen atoms in total. The Morgan fingerprint density at radius 2 is 1.83 bits per heavy atom. The summed E-state index contributed by atoms with van der Waals surface area (Å²) < 4.78 is 25.8. The summed E-state index contributed by atoms with van der Waals surface area (Å²) in [5.41, 5.74) is 2.00. The average Bonchev–Trinajstić information content (AvgIpc) is 3.50. The molecule has 0 spiro atoms. The maximum atomic E-state index is 14.4. The number of aliphatic carboxylic acids is 1. The molecule has 29 heavy (non-hydrogen) atoms. The van der Waals surface area contributed by atoms with Crippen LogP contribution in [0.5, 0.6) is 17.2 Å². The molecule has 148 valence electrons. The molecule has 4 rings (SSSR count). The van der Waals surface area contributed by atoms with Crippen LogP contribution in [0.4, 0.5) is 4.39 Å². The van der Waals surface area contributed by atoms with Gasteiger partial charge in [0.15, 0.2) is 0 Å². The van der Waals surface area contributed by atoms with Crippen molar-refractivity contribution >= 4 is 5.97 Å². The van der Waals surface area contributed by atoms with Crippen LogP contribution in [0.25, 0.3) is 11.1 Å². The van der Waals surface area contributed by atoms with Gasteiger partial charge in [-0.15, -0.1) is 0 Å². The number of ether oxygens (including phenoxy) is 2. The highest BCUT2D eigenvalue weighted by molar-refractivity contribution is 5.73. The smallest absolute Gasteiger partial charge is 0.306 e. The van der Waals surface area contributed by atoms with Crippen LogP contribution >= 0.6 is 0 Å². The predicted octanol–water partition coefficient (Wildman–Crippen LogP) is 5.09. The van der Waals surface area contributed by atoms with Gasteiger partial charge in [0.2, 0.25) is 0 Å². The molecule has 0 bridgehead atoms. The number of pyridine rings is 1. The van der Waals surface area contributed by atoms with Crippen molar-refractivity contribution in [2.75, 3.05) is 6.61 Å². The van der Waals surface area contributed by atoms with E-state index in [0.29, 0.717) is 41.4 Å². The van der Waals surface area contributed by atoms with Crippen LogP contribution in [0.15, 0.2) is 60.8 Å². The van der Waals surface area contributed by atoms with Crippen LogP contribution in [0.2, 0.25) is 0 Å². The lowest BCUT2D eigenvalue weighted by Gasteiger charge is -2.10. The number of carbonyl (C=O) groups is 1. The van der Waals surface area contributed by atoms with Crippen LogP contribution < -0.4 is 9.47 Å². The number of aryl methyl sites for hydroxylation is 1. The van der Waals surface area contributed by atoms with Crippen molar-refractivity contribution in [2.24, 2.45) is 11.8 Å². The van der Waals surface area contributed by atoms with Crippen LogP contribution in [-0.2, 0) is 4.79 Å². The van der Waals surface area contributed by atoms with Gasteiger partial charge in [0.05, 0.1) is 18.7 Å². The van der Waals surface area contributed by atoms with Gasteiger partial charge in [-0.05, 0) is 61.4 Å². The minimum absolute atomic E-state index is 0.0646. The first-order valence-electron chi connectivity index (χ1n) is 9.36. The number of carboxylic acids is 1. The fourth-order valence-corrected chi connectivity index (χ4v) is 3.11. The molecule has 1 aliphatic rings. The van der Waals surface area contributed by atoms with Crippen molar-refractivity contribution in [1.82, 2.24) is 4.98 Å². The van der Waals surface area contributed by atoms with Crippen molar-refractivity contribution < 1.29 is 23.8 Å². The van der Waals surface area contributed by atoms with E-state index in [4.69, 9.17) is 14.6 Å². The van der Waals surface area contributed by atoms with Gasteiger partial charge in [-0.1, -0.05) is 12.1 Å². The predicted molar refractivity (Wildman–Crippen MR) is 106 cm³/mol. The van der Waals surface area contributed by atoms with E-state index >= 15 is 0 Å². The topological polar surface area (TPSA) is 68.7 Å². The van der Waals surface area contributed by atoms with Crippen molar-refractivity contribution in [2.45, 2.75) is 13.3 Å². The monoisotopic (exact) mass is 393 g/mol. The van der Waals surface area contributed by atoms with Gasteiger partial charge in [0.1, 0.15) is 23.1 Å². The zero-order valence-corrected chi connectivity index (χ0v) is 15.8. The van der Waals surface area contributed by atoms with Crippen molar-refractivity contribution in [3.05, 3.63) is 72.3 Å². The molecule has 1 N–H and O–H groups in total. The molecular weight excluding hydrogens is 373 g/mol. The summed E-state index contributed by atoms with van der Waals surface area (Å²) in [7, 11) is 0. The maximum absolute atomic E-state index is 14.4. The molecule has 0 amide bonds. The summed E-state index contributed by atoms with van der Waals surface area (Å²) in [6, 6.07) is 15.3. The van der Waals surface area contributed by atoms with E-state index in [1.807, 2.05) is 19.1 Å². The van der Waals surface area contributed by atoms with Gasteiger partial charge in [-0.2, -0.15) is 0 Å². The second-order valence-electron chi connectivity index (χ2n) is 7.15. The quantitative estimate of drug-likeness (QED) is 0.606. The number of halogens is 1. The normalized spacial score (nSPS) is 17.6. The van der Waals surface area contributed by atoms with Gasteiger partial charge in [0.25, 0.3) is 0 Å². The van der Waals surface area contributed by atoms with Crippen LogP contribution in [-0.4, -0.2) is 22.7 Å². The Kier molecular flexibility index (Phi) is 5.16. The van der Waals surface area contributed by atoms with E-state index in [-0.39, 0.29) is 17.7 Å². The Bertz CT molecular complexity index is 1020. The molecule has 2 aromatic carbocycles. The van der Waals surface area contributed by atoms with Crippen LogP contribution in [0.3, 0.4) is 0 Å². The molecule has 1 aromatic heterocycles. The molecular formula is C23H20FNO4. The van der Waals surface area contributed by atoms with Gasteiger partial charge < -0.3 is 14.6 Å². The summed E-state index contributed by atoms with van der Waals surface area (Å²) in [4.78, 5) is 15.1. The van der Waals surface area contributed by atoms with Crippen LogP contribution in [0.1, 0.15) is 12.1 Å². The Morgan fingerprint density at radius 3 is 2.48 bits per heavy atom. The molecule has 1 unspecified atom stereocenters. The van der Waals surface area contributed by atoms with Gasteiger partial charge in [-0.25, -0.2) is 4.39 Å². The van der Waals surface area contributed by atoms with Crippen LogP contribution in [0, 0.1) is 24.6 Å². The summed E-state index contributed by atoms with van der Waals surface area (Å²) in [5.74, 6) is 0.369. The molecule has 1 fully saturated rings. The van der Waals surface area contributed by atoms with E-state index in [1.54, 1.807) is 42.6 Å². The first kappa shape index (κ1) is 18.9. The van der Waals surface area contributed by atoms with Crippen molar-refractivity contribution in [3.63, 3.8) is 0 Å². The summed E-state index contributed by atoms with van der Waals surface area (Å²) >= 11 is 0. The largest absolute Gasteiger partial charge is 0.493 e. The van der Waals surface area contributed by atoms with E-state index < -0.39 is 5.97 Å². The Labute approximate surface area is 167 Å². The maximum Gasteiger partial charge on any atom is 0.306 e. The second kappa shape index (κ2) is 7.91. The Morgan fingerprint density at radius 1 is 1.10 bits per heavy atom. The molecule has 0 aliphatic heterocycles. The second-order valence-corrected chi connectivity index (χ2v) is 7.15. The third-order valence-corrected chi connectivity index (χ3v) is 4.93. The minimum atomic E-state index is -0.770. The lowest BCUT2D eigenvalue weighted by molar-refractivity contribution is -0.138. The number of hydrogen-bond donors (Lipinski definition) is 1. The molecule has 1 saturated carbocycles. The molecule has 2 atom stereocenters. The first-order valence-corrected chi connectivity index (χ1v) is 9.36. The van der Waals surface area contributed by atoms with E-state index in [2.05, 4.69) is 4.98 Å². The molecule has 3 aromatic rings. The van der Waals surface area contributed by atoms with Gasteiger partial charge in [0, 0.05) is 17.2 Å². The standard InChI is InChI=1S/C23H20FNO4/c1-14-2-5-19(12-25-14)29-18-8-9-22(24)20(11-18)15-3-6-17(7-4-15)28-13-16-10-21(16)23(26)27/h2-9,11-12,16,21H,10,13H2,1H3,(H,26,27)/t16?,21-/m0/s1. The number of rotatable bonds is 7. The third-order valence-electron chi connectivity index (χ3n) is 4.93. The van der Waals surface area contributed by atoms with Gasteiger partial charge >= 0.3 is 5.97 Å². The molecule has 1 aliphatic carbocycles. The minimum Gasteiger partial charge on any atom is -0.493 e. The van der Waals surface area contributed by atoms with Gasteiger partial charge in [-0.3, -0.25) is 9.78 Å². The fourth-order valence-electron chi connectivity index (χ4n) is 3.11. The average molecular weight is 393 g/mol. The Hall–Kier alpha value is -3.41. The highest BCUT2D eigenvalue weighted by Crippen LogP contribution is 2.39.